The molecule has 1 unspecified atom stereocenters. The standard InChI is InChI=1S/C28H32N2O4/c1-3-30(28(31)32)23-11-8-21(9-12-23)25(18-20-14-16-29-17-15-20)22-10-13-26(33-2)27(19-22)34-24-6-4-5-7-24/h8-17,19,24-25H,3-7,18H2,1-2H3,(H,31,32). The molecule has 2 aromatic carbocycles. The van der Waals surface area contributed by atoms with Gasteiger partial charge in [0, 0.05) is 30.5 Å². The van der Waals surface area contributed by atoms with Crippen LogP contribution < -0.4 is 14.4 Å². The van der Waals surface area contributed by atoms with Crippen molar-refractivity contribution in [2.24, 2.45) is 0 Å². The number of hydrogen-bond donors (Lipinski definition) is 1. The molecule has 6 heteroatoms. The maximum absolute atomic E-state index is 11.5. The minimum absolute atomic E-state index is 0.0631. The Morgan fingerprint density at radius 2 is 1.71 bits per heavy atom. The van der Waals surface area contributed by atoms with E-state index in [9.17, 15) is 9.90 Å². The van der Waals surface area contributed by atoms with Gasteiger partial charge < -0.3 is 14.6 Å². The summed E-state index contributed by atoms with van der Waals surface area (Å²) in [6, 6.07) is 18.0. The number of nitrogens with zero attached hydrogens (tertiary/aromatic N) is 2. The van der Waals surface area contributed by atoms with Crippen molar-refractivity contribution in [3.63, 3.8) is 0 Å². The third kappa shape index (κ3) is 5.50. The summed E-state index contributed by atoms with van der Waals surface area (Å²) >= 11 is 0. The number of ether oxygens (including phenoxy) is 2. The van der Waals surface area contributed by atoms with E-state index in [1.54, 1.807) is 7.11 Å². The molecule has 0 saturated heterocycles. The second-order valence-electron chi connectivity index (χ2n) is 8.67. The van der Waals surface area contributed by atoms with E-state index in [1.807, 2.05) is 61.8 Å². The number of pyridine rings is 1. The van der Waals surface area contributed by atoms with Gasteiger partial charge in [0.1, 0.15) is 0 Å². The Morgan fingerprint density at radius 1 is 1.03 bits per heavy atom. The van der Waals surface area contributed by atoms with Crippen LogP contribution in [0.5, 0.6) is 11.5 Å². The molecular formula is C28H32N2O4. The molecule has 1 atom stereocenters. The van der Waals surface area contributed by atoms with E-state index in [2.05, 4.69) is 17.1 Å². The summed E-state index contributed by atoms with van der Waals surface area (Å²) in [5.41, 5.74) is 4.09. The molecule has 0 bridgehead atoms. The molecule has 1 aromatic heterocycles. The fourth-order valence-corrected chi connectivity index (χ4v) is 4.69. The van der Waals surface area contributed by atoms with Crippen LogP contribution in [-0.4, -0.2) is 35.9 Å². The number of rotatable bonds is 9. The van der Waals surface area contributed by atoms with E-state index >= 15 is 0 Å². The normalized spacial score (nSPS) is 14.5. The second kappa shape index (κ2) is 11.1. The second-order valence-corrected chi connectivity index (χ2v) is 8.67. The van der Waals surface area contributed by atoms with Crippen LogP contribution in [0.1, 0.15) is 55.2 Å². The van der Waals surface area contributed by atoms with Crippen LogP contribution in [0.15, 0.2) is 67.0 Å². The van der Waals surface area contributed by atoms with Crippen LogP contribution in [0, 0.1) is 0 Å². The molecule has 1 N–H and O–H groups in total. The number of benzene rings is 2. The van der Waals surface area contributed by atoms with Crippen LogP contribution in [0.3, 0.4) is 0 Å². The SMILES string of the molecule is CCN(C(=O)O)c1ccc(C(Cc2ccncc2)c2ccc(OC)c(OC3CCCC3)c2)cc1. The summed E-state index contributed by atoms with van der Waals surface area (Å²) in [5, 5.41) is 9.47. The first-order valence-corrected chi connectivity index (χ1v) is 11.9. The van der Waals surface area contributed by atoms with Gasteiger partial charge in [-0.2, -0.15) is 0 Å². The average Bonchev–Trinajstić information content (AvgIpc) is 3.37. The van der Waals surface area contributed by atoms with Gasteiger partial charge in [0.2, 0.25) is 0 Å². The Hall–Kier alpha value is -3.54. The highest BCUT2D eigenvalue weighted by Gasteiger charge is 2.22. The van der Waals surface area contributed by atoms with E-state index in [1.165, 1.54) is 23.3 Å². The highest BCUT2D eigenvalue weighted by atomic mass is 16.5. The van der Waals surface area contributed by atoms with Gasteiger partial charge in [-0.1, -0.05) is 18.2 Å². The smallest absolute Gasteiger partial charge is 0.411 e. The van der Waals surface area contributed by atoms with E-state index in [0.29, 0.717) is 12.2 Å². The Bertz CT molecular complexity index is 1080. The van der Waals surface area contributed by atoms with E-state index in [0.717, 1.165) is 41.9 Å². The van der Waals surface area contributed by atoms with Crippen molar-refractivity contribution in [3.05, 3.63) is 83.7 Å². The lowest BCUT2D eigenvalue weighted by molar-refractivity contribution is 0.200. The number of methoxy groups -OCH3 is 1. The molecule has 34 heavy (non-hydrogen) atoms. The minimum Gasteiger partial charge on any atom is -0.493 e. The molecule has 178 valence electrons. The number of amides is 1. The largest absolute Gasteiger partial charge is 0.493 e. The van der Waals surface area contributed by atoms with Crippen LogP contribution in [-0.2, 0) is 6.42 Å². The maximum atomic E-state index is 11.5. The molecule has 1 aliphatic rings. The first-order chi connectivity index (χ1) is 16.6. The molecule has 4 rings (SSSR count). The van der Waals surface area contributed by atoms with Gasteiger partial charge in [-0.25, -0.2) is 4.79 Å². The average molecular weight is 461 g/mol. The Labute approximate surface area is 201 Å². The predicted molar refractivity (Wildman–Crippen MR) is 133 cm³/mol. The lowest BCUT2D eigenvalue weighted by Gasteiger charge is -2.23. The van der Waals surface area contributed by atoms with Crippen molar-refractivity contribution < 1.29 is 19.4 Å². The van der Waals surface area contributed by atoms with Crippen molar-refractivity contribution in [2.75, 3.05) is 18.6 Å². The van der Waals surface area contributed by atoms with Gasteiger partial charge in [0.25, 0.3) is 0 Å². The van der Waals surface area contributed by atoms with Crippen molar-refractivity contribution >= 4 is 11.8 Å². The monoisotopic (exact) mass is 460 g/mol. The molecule has 0 aliphatic heterocycles. The van der Waals surface area contributed by atoms with Crippen LogP contribution in [0.2, 0.25) is 0 Å². The summed E-state index contributed by atoms with van der Waals surface area (Å²) in [7, 11) is 1.67. The van der Waals surface area contributed by atoms with Gasteiger partial charge in [0.05, 0.1) is 13.2 Å². The van der Waals surface area contributed by atoms with Crippen LogP contribution >= 0.6 is 0 Å². The lowest BCUT2D eigenvalue weighted by atomic mass is 9.86. The Balaban J connectivity index is 1.69. The molecule has 6 nitrogen and oxygen atoms in total. The third-order valence-electron chi connectivity index (χ3n) is 6.53. The molecule has 1 fully saturated rings. The first kappa shape index (κ1) is 23.6. The van der Waals surface area contributed by atoms with Crippen molar-refractivity contribution in [1.29, 1.82) is 0 Å². The zero-order chi connectivity index (χ0) is 23.9. The van der Waals surface area contributed by atoms with Gasteiger partial charge in [-0.15, -0.1) is 0 Å². The fourth-order valence-electron chi connectivity index (χ4n) is 4.69. The van der Waals surface area contributed by atoms with Crippen LogP contribution in [0.25, 0.3) is 0 Å². The molecule has 1 saturated carbocycles. The zero-order valence-corrected chi connectivity index (χ0v) is 19.8. The number of hydrogen-bond acceptors (Lipinski definition) is 4. The van der Waals surface area contributed by atoms with Crippen molar-refractivity contribution in [2.45, 2.75) is 51.0 Å². The number of aromatic nitrogens is 1. The topological polar surface area (TPSA) is 71.9 Å². The van der Waals surface area contributed by atoms with E-state index in [4.69, 9.17) is 9.47 Å². The van der Waals surface area contributed by atoms with Crippen molar-refractivity contribution in [3.8, 4) is 11.5 Å². The number of carbonyl (C=O) groups is 1. The summed E-state index contributed by atoms with van der Waals surface area (Å²) < 4.78 is 12.0. The zero-order valence-electron chi connectivity index (χ0n) is 19.8. The first-order valence-electron chi connectivity index (χ1n) is 11.9. The van der Waals surface area contributed by atoms with Gasteiger partial charge in [-0.05, 0) is 92.1 Å². The predicted octanol–water partition coefficient (Wildman–Crippen LogP) is 6.29. The fraction of sp³-hybridized carbons (Fsp3) is 0.357. The number of anilines is 1. The summed E-state index contributed by atoms with van der Waals surface area (Å²) in [4.78, 5) is 17.0. The summed E-state index contributed by atoms with van der Waals surface area (Å²) in [6.07, 6.45) is 8.25. The van der Waals surface area contributed by atoms with Gasteiger partial charge >= 0.3 is 6.09 Å². The molecule has 1 heterocycles. The highest BCUT2D eigenvalue weighted by Crippen LogP contribution is 2.37. The molecule has 0 radical (unpaired) electrons. The quantitative estimate of drug-likeness (QED) is 0.406. The number of carboxylic acid groups (broad SMARTS) is 1. The minimum atomic E-state index is -0.951. The Kier molecular flexibility index (Phi) is 7.68. The maximum Gasteiger partial charge on any atom is 0.411 e. The van der Waals surface area contributed by atoms with E-state index < -0.39 is 6.09 Å². The Morgan fingerprint density at radius 3 is 2.32 bits per heavy atom. The van der Waals surface area contributed by atoms with Crippen molar-refractivity contribution in [1.82, 2.24) is 4.98 Å². The molecule has 1 amide bonds. The molecule has 0 spiro atoms. The summed E-state index contributed by atoms with van der Waals surface area (Å²) in [5.74, 6) is 1.59. The highest BCUT2D eigenvalue weighted by molar-refractivity contribution is 5.85. The summed E-state index contributed by atoms with van der Waals surface area (Å²) in [6.45, 7) is 2.23. The van der Waals surface area contributed by atoms with Gasteiger partial charge in [0.15, 0.2) is 11.5 Å². The third-order valence-corrected chi connectivity index (χ3v) is 6.53. The molecular weight excluding hydrogens is 428 g/mol. The van der Waals surface area contributed by atoms with Gasteiger partial charge in [-0.3, -0.25) is 9.88 Å². The van der Waals surface area contributed by atoms with Crippen LogP contribution in [0.4, 0.5) is 10.5 Å². The molecule has 3 aromatic rings. The molecule has 1 aliphatic carbocycles. The lowest BCUT2D eigenvalue weighted by Crippen LogP contribution is -2.28. The van der Waals surface area contributed by atoms with E-state index in [-0.39, 0.29) is 12.0 Å².